The smallest absolute Gasteiger partial charge is 0.251 e. The molecule has 0 radical (unpaired) electrons. The van der Waals surface area contributed by atoms with Gasteiger partial charge in [-0.2, -0.15) is 5.10 Å². The molecule has 88 valence electrons. The summed E-state index contributed by atoms with van der Waals surface area (Å²) >= 11 is 2.21. The highest BCUT2D eigenvalue weighted by Gasteiger charge is 2.03. The molecule has 0 aliphatic heterocycles. The molecule has 0 saturated carbocycles. The molecule has 1 amide bonds. The highest BCUT2D eigenvalue weighted by Crippen LogP contribution is 2.06. The Bertz CT molecular complexity index is 479. The molecule has 1 heterocycles. The number of carbonyl (C=O) groups excluding carboxylic acids is 1. The summed E-state index contributed by atoms with van der Waals surface area (Å²) in [5.41, 5.74) is 0.686. The van der Waals surface area contributed by atoms with Crippen molar-refractivity contribution >= 4 is 28.5 Å². The van der Waals surface area contributed by atoms with E-state index in [0.29, 0.717) is 18.7 Å². The monoisotopic (exact) mass is 341 g/mol. The molecule has 0 aliphatic rings. The lowest BCUT2D eigenvalue weighted by Crippen LogP contribution is -2.27. The van der Waals surface area contributed by atoms with Crippen LogP contribution in [0.5, 0.6) is 0 Å². The molecule has 2 aromatic rings. The van der Waals surface area contributed by atoms with E-state index in [2.05, 4.69) is 33.0 Å². The molecule has 1 aromatic heterocycles. The number of nitrogens with zero attached hydrogens (tertiary/aromatic N) is 2. The lowest BCUT2D eigenvalue weighted by atomic mass is 10.2. The molecule has 0 atom stereocenters. The van der Waals surface area contributed by atoms with E-state index in [0.717, 1.165) is 3.57 Å². The van der Waals surface area contributed by atoms with Gasteiger partial charge in [-0.15, -0.1) is 0 Å². The number of carbonyl (C=O) groups is 1. The number of amides is 1. The second-order valence-corrected chi connectivity index (χ2v) is 4.78. The predicted octanol–water partition coefficient (Wildman–Crippen LogP) is 1.92. The molecular formula is C12H12IN3O. The highest BCUT2D eigenvalue weighted by atomic mass is 127. The second-order valence-electron chi connectivity index (χ2n) is 3.53. The number of hydrogen-bond donors (Lipinski definition) is 1. The molecule has 0 unspecified atom stereocenters. The lowest BCUT2D eigenvalue weighted by Gasteiger charge is -2.05. The van der Waals surface area contributed by atoms with Crippen molar-refractivity contribution in [2.24, 2.45) is 0 Å². The van der Waals surface area contributed by atoms with Gasteiger partial charge < -0.3 is 5.32 Å². The van der Waals surface area contributed by atoms with Crippen molar-refractivity contribution in [3.8, 4) is 0 Å². The highest BCUT2D eigenvalue weighted by molar-refractivity contribution is 14.1. The van der Waals surface area contributed by atoms with Crippen molar-refractivity contribution in [2.75, 3.05) is 6.54 Å². The SMILES string of the molecule is O=C(NCCn1cccn1)c1ccc(I)cc1. The fraction of sp³-hybridized carbons (Fsp3) is 0.167. The minimum absolute atomic E-state index is 0.0476. The van der Waals surface area contributed by atoms with Gasteiger partial charge in [-0.05, 0) is 52.9 Å². The Balaban J connectivity index is 1.83. The number of halogens is 1. The molecule has 0 bridgehead atoms. The van der Waals surface area contributed by atoms with Gasteiger partial charge in [-0.3, -0.25) is 9.48 Å². The Morgan fingerprint density at radius 2 is 2.12 bits per heavy atom. The molecule has 0 aliphatic carbocycles. The first kappa shape index (κ1) is 12.1. The number of benzene rings is 1. The molecule has 0 fully saturated rings. The van der Waals surface area contributed by atoms with Gasteiger partial charge in [-0.25, -0.2) is 0 Å². The molecule has 17 heavy (non-hydrogen) atoms. The van der Waals surface area contributed by atoms with Crippen LogP contribution in [0, 0.1) is 3.57 Å². The Kier molecular flexibility index (Phi) is 4.13. The van der Waals surface area contributed by atoms with Crippen molar-refractivity contribution < 1.29 is 4.79 Å². The zero-order valence-electron chi connectivity index (χ0n) is 9.14. The predicted molar refractivity (Wildman–Crippen MR) is 73.7 cm³/mol. The molecule has 5 heteroatoms. The van der Waals surface area contributed by atoms with Gasteiger partial charge in [0.05, 0.1) is 6.54 Å². The first-order valence-corrected chi connectivity index (χ1v) is 6.35. The van der Waals surface area contributed by atoms with Crippen molar-refractivity contribution in [1.29, 1.82) is 0 Å². The van der Waals surface area contributed by atoms with E-state index < -0.39 is 0 Å². The fourth-order valence-corrected chi connectivity index (χ4v) is 1.78. The number of nitrogens with one attached hydrogen (secondary N) is 1. The van der Waals surface area contributed by atoms with Crippen LogP contribution in [0.2, 0.25) is 0 Å². The van der Waals surface area contributed by atoms with Gasteiger partial charge >= 0.3 is 0 Å². The number of hydrogen-bond acceptors (Lipinski definition) is 2. The summed E-state index contributed by atoms with van der Waals surface area (Å²) in [5.74, 6) is -0.0476. The minimum atomic E-state index is -0.0476. The lowest BCUT2D eigenvalue weighted by molar-refractivity contribution is 0.0952. The average Bonchev–Trinajstić information content (AvgIpc) is 2.83. The van der Waals surface area contributed by atoms with Crippen molar-refractivity contribution in [2.45, 2.75) is 6.54 Å². The first-order valence-electron chi connectivity index (χ1n) is 5.27. The fourth-order valence-electron chi connectivity index (χ4n) is 1.42. The largest absolute Gasteiger partial charge is 0.350 e. The van der Waals surface area contributed by atoms with E-state index in [4.69, 9.17) is 0 Å². The Morgan fingerprint density at radius 1 is 1.35 bits per heavy atom. The quantitative estimate of drug-likeness (QED) is 0.864. The second kappa shape index (κ2) is 5.81. The Hall–Kier alpha value is -1.37. The minimum Gasteiger partial charge on any atom is -0.350 e. The Morgan fingerprint density at radius 3 is 2.76 bits per heavy atom. The van der Waals surface area contributed by atoms with Crippen LogP contribution in [-0.4, -0.2) is 22.2 Å². The molecule has 0 spiro atoms. The first-order chi connectivity index (χ1) is 8.25. The third kappa shape index (κ3) is 3.55. The van der Waals surface area contributed by atoms with Crippen molar-refractivity contribution in [3.63, 3.8) is 0 Å². The summed E-state index contributed by atoms with van der Waals surface area (Å²) < 4.78 is 2.91. The molecular weight excluding hydrogens is 329 g/mol. The standard InChI is InChI=1S/C12H12IN3O/c13-11-4-2-10(3-5-11)12(17)14-7-9-16-8-1-6-15-16/h1-6,8H,7,9H2,(H,14,17). The zero-order chi connectivity index (χ0) is 12.1. The summed E-state index contributed by atoms with van der Waals surface area (Å²) in [4.78, 5) is 11.7. The summed E-state index contributed by atoms with van der Waals surface area (Å²) in [5, 5.41) is 6.92. The van der Waals surface area contributed by atoms with Crippen LogP contribution in [0.4, 0.5) is 0 Å². The normalized spacial score (nSPS) is 10.2. The van der Waals surface area contributed by atoms with Crippen LogP contribution >= 0.6 is 22.6 Å². The van der Waals surface area contributed by atoms with Crippen LogP contribution < -0.4 is 5.32 Å². The summed E-state index contributed by atoms with van der Waals surface area (Å²) in [6.45, 7) is 1.26. The van der Waals surface area contributed by atoms with E-state index in [1.165, 1.54) is 0 Å². The van der Waals surface area contributed by atoms with Gasteiger partial charge in [-0.1, -0.05) is 0 Å². The van der Waals surface area contributed by atoms with E-state index in [1.54, 1.807) is 10.9 Å². The van der Waals surface area contributed by atoms with E-state index in [-0.39, 0.29) is 5.91 Å². The Labute approximate surface area is 113 Å². The average molecular weight is 341 g/mol. The molecule has 1 aromatic carbocycles. The van der Waals surface area contributed by atoms with E-state index in [9.17, 15) is 4.79 Å². The van der Waals surface area contributed by atoms with Gasteiger partial charge in [0.2, 0.25) is 0 Å². The summed E-state index contributed by atoms with van der Waals surface area (Å²) in [7, 11) is 0. The maximum Gasteiger partial charge on any atom is 0.251 e. The third-order valence-corrected chi connectivity index (χ3v) is 3.01. The molecule has 4 nitrogen and oxygen atoms in total. The maximum atomic E-state index is 11.7. The zero-order valence-corrected chi connectivity index (χ0v) is 11.3. The van der Waals surface area contributed by atoms with Crippen LogP contribution in [0.1, 0.15) is 10.4 Å². The summed E-state index contributed by atoms with van der Waals surface area (Å²) in [6, 6.07) is 9.35. The van der Waals surface area contributed by atoms with Crippen LogP contribution in [-0.2, 0) is 6.54 Å². The van der Waals surface area contributed by atoms with Crippen LogP contribution in [0.15, 0.2) is 42.7 Å². The molecule has 2 rings (SSSR count). The molecule has 0 saturated heterocycles. The van der Waals surface area contributed by atoms with E-state index >= 15 is 0 Å². The van der Waals surface area contributed by atoms with Gasteiger partial charge in [0.15, 0.2) is 0 Å². The van der Waals surface area contributed by atoms with Crippen molar-refractivity contribution in [1.82, 2.24) is 15.1 Å². The van der Waals surface area contributed by atoms with Gasteiger partial charge in [0, 0.05) is 28.1 Å². The number of aromatic nitrogens is 2. The maximum absolute atomic E-state index is 11.7. The number of rotatable bonds is 4. The third-order valence-electron chi connectivity index (χ3n) is 2.29. The molecule has 1 N–H and O–H groups in total. The topological polar surface area (TPSA) is 46.9 Å². The summed E-state index contributed by atoms with van der Waals surface area (Å²) in [6.07, 6.45) is 3.60. The van der Waals surface area contributed by atoms with Crippen molar-refractivity contribution in [3.05, 3.63) is 51.9 Å². The van der Waals surface area contributed by atoms with Crippen LogP contribution in [0.3, 0.4) is 0 Å². The van der Waals surface area contributed by atoms with E-state index in [1.807, 2.05) is 36.5 Å². The van der Waals surface area contributed by atoms with Gasteiger partial charge in [0.25, 0.3) is 5.91 Å². The van der Waals surface area contributed by atoms with Crippen LogP contribution in [0.25, 0.3) is 0 Å². The van der Waals surface area contributed by atoms with Gasteiger partial charge in [0.1, 0.15) is 0 Å².